The predicted molar refractivity (Wildman–Crippen MR) is 89.1 cm³/mol. The van der Waals surface area contributed by atoms with E-state index in [-0.39, 0.29) is 0 Å². The van der Waals surface area contributed by atoms with Crippen LogP contribution in [0.25, 0.3) is 5.57 Å². The Morgan fingerprint density at radius 1 is 1.10 bits per heavy atom. The number of rotatable bonds is 4. The Hall–Kier alpha value is -1.54. The smallest absolute Gasteiger partial charge is 0.128 e. The Morgan fingerprint density at radius 2 is 1.80 bits per heavy atom. The van der Waals surface area contributed by atoms with Crippen LogP contribution in [0.1, 0.15) is 25.0 Å². The van der Waals surface area contributed by atoms with Crippen LogP contribution < -0.4 is 4.74 Å². The van der Waals surface area contributed by atoms with E-state index in [4.69, 9.17) is 4.74 Å². The van der Waals surface area contributed by atoms with Gasteiger partial charge in [-0.15, -0.1) is 0 Å². The maximum absolute atomic E-state index is 6.12. The average molecular weight is 331 g/mol. The topological polar surface area (TPSA) is 9.23 Å². The molecular formula is C18H19BrO. The molecule has 104 valence electrons. The van der Waals surface area contributed by atoms with Gasteiger partial charge in [-0.2, -0.15) is 0 Å². The fourth-order valence-corrected chi connectivity index (χ4v) is 2.46. The van der Waals surface area contributed by atoms with Crippen LogP contribution in [0, 0.1) is 6.92 Å². The molecule has 0 N–H and O–H groups in total. The largest absolute Gasteiger partial charge is 0.483 e. The monoisotopic (exact) mass is 330 g/mol. The van der Waals surface area contributed by atoms with E-state index in [0.29, 0.717) is 0 Å². The molecule has 0 aromatic heterocycles. The van der Waals surface area contributed by atoms with Gasteiger partial charge in [-0.3, -0.25) is 0 Å². The van der Waals surface area contributed by atoms with E-state index in [1.165, 1.54) is 5.56 Å². The molecular weight excluding hydrogens is 312 g/mol. The van der Waals surface area contributed by atoms with Crippen LogP contribution in [0.4, 0.5) is 0 Å². The lowest BCUT2D eigenvalue weighted by Gasteiger charge is -2.29. The zero-order valence-corrected chi connectivity index (χ0v) is 13.7. The van der Waals surface area contributed by atoms with Gasteiger partial charge >= 0.3 is 0 Å². The molecule has 2 rings (SSSR count). The van der Waals surface area contributed by atoms with Gasteiger partial charge in [-0.1, -0.05) is 46.8 Å². The minimum absolute atomic E-state index is 0.464. The highest BCUT2D eigenvalue weighted by molar-refractivity contribution is 9.10. The Morgan fingerprint density at radius 3 is 2.45 bits per heavy atom. The molecule has 0 fully saturated rings. The first-order valence-electron chi connectivity index (χ1n) is 6.59. The maximum Gasteiger partial charge on any atom is 0.128 e. The number of benzene rings is 2. The molecule has 1 nitrogen and oxygen atoms in total. The first-order chi connectivity index (χ1) is 9.38. The van der Waals surface area contributed by atoms with E-state index < -0.39 is 5.60 Å². The molecule has 2 heteroatoms. The highest BCUT2D eigenvalue weighted by Crippen LogP contribution is 2.31. The molecule has 0 amide bonds. The molecule has 0 heterocycles. The van der Waals surface area contributed by atoms with E-state index in [9.17, 15) is 0 Å². The second-order valence-electron chi connectivity index (χ2n) is 5.42. The lowest BCUT2D eigenvalue weighted by Crippen LogP contribution is -2.29. The van der Waals surface area contributed by atoms with Gasteiger partial charge in [0.2, 0.25) is 0 Å². The van der Waals surface area contributed by atoms with Crippen LogP contribution >= 0.6 is 15.9 Å². The minimum Gasteiger partial charge on any atom is -0.483 e. The van der Waals surface area contributed by atoms with E-state index in [0.717, 1.165) is 21.4 Å². The van der Waals surface area contributed by atoms with Gasteiger partial charge in [-0.25, -0.2) is 0 Å². The summed E-state index contributed by atoms with van der Waals surface area (Å²) in [5.41, 5.74) is 2.76. The normalized spacial score (nSPS) is 11.2. The number of hydrogen-bond acceptors (Lipinski definition) is 1. The van der Waals surface area contributed by atoms with Crippen molar-refractivity contribution >= 4 is 21.5 Å². The predicted octanol–water partition coefficient (Wildman–Crippen LogP) is 5.63. The molecule has 0 radical (unpaired) electrons. The van der Waals surface area contributed by atoms with E-state index in [2.05, 4.69) is 47.6 Å². The third-order valence-corrected chi connectivity index (χ3v) is 3.76. The van der Waals surface area contributed by atoms with E-state index in [1.54, 1.807) is 0 Å². The Kier molecular flexibility index (Phi) is 4.34. The average Bonchev–Trinajstić information content (AvgIpc) is 2.37. The summed E-state index contributed by atoms with van der Waals surface area (Å²) >= 11 is 3.49. The Bertz CT molecular complexity index is 629. The Balaban J connectivity index is 2.23. The number of hydrogen-bond donors (Lipinski definition) is 0. The van der Waals surface area contributed by atoms with Crippen molar-refractivity contribution in [2.75, 3.05) is 0 Å². The minimum atomic E-state index is -0.464. The summed E-state index contributed by atoms with van der Waals surface area (Å²) in [5, 5.41) is 0. The van der Waals surface area contributed by atoms with Crippen molar-refractivity contribution in [2.24, 2.45) is 0 Å². The summed E-state index contributed by atoms with van der Waals surface area (Å²) in [4.78, 5) is 0. The molecule has 2 aromatic rings. The van der Waals surface area contributed by atoms with Gasteiger partial charge < -0.3 is 4.74 Å². The highest BCUT2D eigenvalue weighted by atomic mass is 79.9. The van der Waals surface area contributed by atoms with Crippen LogP contribution in [0.3, 0.4) is 0 Å². The van der Waals surface area contributed by atoms with Crippen molar-refractivity contribution in [1.82, 2.24) is 0 Å². The standard InChI is InChI=1S/C18H19BrO/c1-13-7-5-10-17(11-13)20-18(3,4)14(2)15-8-6-9-16(19)12-15/h5-12H,2H2,1,3-4H3. The van der Waals surface area contributed by atoms with Crippen LogP contribution in [0.15, 0.2) is 59.6 Å². The van der Waals surface area contributed by atoms with Crippen LogP contribution in [0.5, 0.6) is 5.75 Å². The van der Waals surface area contributed by atoms with Crippen molar-refractivity contribution in [3.8, 4) is 5.75 Å². The van der Waals surface area contributed by atoms with Crippen LogP contribution in [-0.4, -0.2) is 5.60 Å². The molecule has 0 saturated heterocycles. The molecule has 0 atom stereocenters. The molecule has 0 aliphatic rings. The van der Waals surface area contributed by atoms with Crippen LogP contribution in [0.2, 0.25) is 0 Å². The fraction of sp³-hybridized carbons (Fsp3) is 0.222. The summed E-state index contributed by atoms with van der Waals surface area (Å²) in [6.45, 7) is 10.3. The first kappa shape index (κ1) is 14.9. The quantitative estimate of drug-likeness (QED) is 0.706. The van der Waals surface area contributed by atoms with E-state index >= 15 is 0 Å². The Labute approximate surface area is 129 Å². The number of ether oxygens (including phenoxy) is 1. The van der Waals surface area contributed by atoms with Crippen molar-refractivity contribution in [3.63, 3.8) is 0 Å². The first-order valence-corrected chi connectivity index (χ1v) is 7.39. The summed E-state index contributed by atoms with van der Waals surface area (Å²) < 4.78 is 7.17. The summed E-state index contributed by atoms with van der Waals surface area (Å²) in [6.07, 6.45) is 0. The molecule has 0 aliphatic carbocycles. The third kappa shape index (κ3) is 3.51. The second kappa shape index (κ2) is 5.84. The summed E-state index contributed by atoms with van der Waals surface area (Å²) in [6, 6.07) is 16.2. The fourth-order valence-electron chi connectivity index (χ4n) is 2.06. The van der Waals surface area contributed by atoms with Gasteiger partial charge in [0, 0.05) is 4.47 Å². The zero-order valence-electron chi connectivity index (χ0n) is 12.1. The van der Waals surface area contributed by atoms with Crippen molar-refractivity contribution < 1.29 is 4.74 Å². The SMILES string of the molecule is C=C(c1cccc(Br)c1)C(C)(C)Oc1cccc(C)c1. The summed E-state index contributed by atoms with van der Waals surface area (Å²) in [7, 11) is 0. The molecule has 0 aliphatic heterocycles. The van der Waals surface area contributed by atoms with Gasteiger partial charge in [0.25, 0.3) is 0 Å². The lowest BCUT2D eigenvalue weighted by molar-refractivity contribution is 0.172. The molecule has 0 unspecified atom stereocenters. The molecule has 0 saturated carbocycles. The molecule has 0 spiro atoms. The van der Waals surface area contributed by atoms with Gasteiger partial charge in [0.1, 0.15) is 11.4 Å². The van der Waals surface area contributed by atoms with E-state index in [1.807, 2.05) is 44.2 Å². The third-order valence-electron chi connectivity index (χ3n) is 3.26. The number of halogens is 1. The molecule has 2 aromatic carbocycles. The van der Waals surface area contributed by atoms with Gasteiger partial charge in [0.15, 0.2) is 0 Å². The summed E-state index contributed by atoms with van der Waals surface area (Å²) in [5.74, 6) is 0.867. The number of aryl methyl sites for hydroxylation is 1. The van der Waals surface area contributed by atoms with Crippen LogP contribution in [-0.2, 0) is 0 Å². The van der Waals surface area contributed by atoms with Gasteiger partial charge in [-0.05, 0) is 61.7 Å². The van der Waals surface area contributed by atoms with Crippen molar-refractivity contribution in [1.29, 1.82) is 0 Å². The maximum atomic E-state index is 6.12. The molecule has 0 bridgehead atoms. The molecule has 20 heavy (non-hydrogen) atoms. The van der Waals surface area contributed by atoms with Crippen molar-refractivity contribution in [2.45, 2.75) is 26.4 Å². The van der Waals surface area contributed by atoms with Crippen molar-refractivity contribution in [3.05, 3.63) is 70.7 Å². The second-order valence-corrected chi connectivity index (χ2v) is 6.33. The van der Waals surface area contributed by atoms with Gasteiger partial charge in [0.05, 0.1) is 0 Å². The zero-order chi connectivity index (χ0) is 14.8. The highest BCUT2D eigenvalue weighted by Gasteiger charge is 2.25. The lowest BCUT2D eigenvalue weighted by atomic mass is 9.92.